The van der Waals surface area contributed by atoms with Crippen LogP contribution in [-0.4, -0.2) is 41.3 Å². The molecule has 0 amide bonds. The Morgan fingerprint density at radius 1 is 1.14 bits per heavy atom. The average molecular weight is 402 g/mol. The zero-order chi connectivity index (χ0) is 19.0. The van der Waals surface area contributed by atoms with Crippen molar-refractivity contribution in [2.75, 3.05) is 26.3 Å². The van der Waals surface area contributed by atoms with Crippen molar-refractivity contribution >= 4 is 11.3 Å². The van der Waals surface area contributed by atoms with Crippen LogP contribution < -0.4 is 0 Å². The number of thiophene rings is 1. The van der Waals surface area contributed by atoms with Gasteiger partial charge < -0.3 is 9.26 Å². The van der Waals surface area contributed by atoms with Gasteiger partial charge in [-0.3, -0.25) is 4.90 Å². The second-order valence-corrected chi connectivity index (χ2v) is 10.4. The number of rotatable bonds is 6. The van der Waals surface area contributed by atoms with E-state index in [1.54, 1.807) is 0 Å². The molecule has 6 heteroatoms. The molecule has 2 aliphatic heterocycles. The Bertz CT molecular complexity index is 783. The number of aryl methyl sites for hydroxylation is 1. The molecule has 0 unspecified atom stereocenters. The van der Waals surface area contributed by atoms with Crippen LogP contribution in [0.15, 0.2) is 16.7 Å². The second-order valence-electron chi connectivity index (χ2n) is 9.06. The lowest BCUT2D eigenvalue weighted by Crippen LogP contribution is -2.43. The molecular formula is C22H31N3O2S. The molecule has 5 rings (SSSR count). The molecule has 1 aliphatic carbocycles. The van der Waals surface area contributed by atoms with Crippen molar-refractivity contribution in [2.45, 2.75) is 69.7 Å². The van der Waals surface area contributed by atoms with Gasteiger partial charge in [-0.15, -0.1) is 11.3 Å². The van der Waals surface area contributed by atoms with Crippen molar-refractivity contribution in [2.24, 2.45) is 5.92 Å². The highest BCUT2D eigenvalue weighted by Crippen LogP contribution is 2.47. The van der Waals surface area contributed by atoms with Gasteiger partial charge in [0.05, 0.1) is 0 Å². The summed E-state index contributed by atoms with van der Waals surface area (Å²) >= 11 is 1.93. The Morgan fingerprint density at radius 3 is 2.61 bits per heavy atom. The lowest BCUT2D eigenvalue weighted by Gasteiger charge is -2.40. The van der Waals surface area contributed by atoms with E-state index in [0.717, 1.165) is 76.2 Å². The zero-order valence-electron chi connectivity index (χ0n) is 16.9. The Balaban J connectivity index is 1.29. The SMILES string of the molecule is Cc1ccc(CN2CCC(CC3CC3)(c3noc(C4CCOCC4)n3)CC2)s1. The van der Waals surface area contributed by atoms with Gasteiger partial charge in [0.1, 0.15) is 0 Å². The third kappa shape index (κ3) is 4.05. The van der Waals surface area contributed by atoms with Gasteiger partial charge in [0.2, 0.25) is 5.89 Å². The van der Waals surface area contributed by atoms with Crippen LogP contribution in [0.2, 0.25) is 0 Å². The molecule has 0 N–H and O–H groups in total. The van der Waals surface area contributed by atoms with E-state index in [4.69, 9.17) is 14.2 Å². The highest BCUT2D eigenvalue weighted by molar-refractivity contribution is 7.11. The first-order valence-electron chi connectivity index (χ1n) is 10.9. The van der Waals surface area contributed by atoms with Crippen molar-refractivity contribution in [1.29, 1.82) is 0 Å². The minimum atomic E-state index is 0.121. The monoisotopic (exact) mass is 401 g/mol. The molecule has 0 spiro atoms. The summed E-state index contributed by atoms with van der Waals surface area (Å²) in [5, 5.41) is 4.54. The molecule has 2 aromatic heterocycles. The van der Waals surface area contributed by atoms with E-state index >= 15 is 0 Å². The van der Waals surface area contributed by atoms with E-state index in [2.05, 4.69) is 29.1 Å². The summed E-state index contributed by atoms with van der Waals surface area (Å²) in [5.74, 6) is 3.10. The molecule has 152 valence electrons. The number of aromatic nitrogens is 2. The summed E-state index contributed by atoms with van der Waals surface area (Å²) in [6, 6.07) is 4.52. The molecule has 0 radical (unpaired) electrons. The van der Waals surface area contributed by atoms with Crippen molar-refractivity contribution < 1.29 is 9.26 Å². The fraction of sp³-hybridized carbons (Fsp3) is 0.727. The van der Waals surface area contributed by atoms with Crippen LogP contribution in [-0.2, 0) is 16.7 Å². The van der Waals surface area contributed by atoms with E-state index in [1.807, 2.05) is 11.3 Å². The van der Waals surface area contributed by atoms with Crippen LogP contribution in [0.5, 0.6) is 0 Å². The third-order valence-corrected chi connectivity index (χ3v) is 7.84. The maximum atomic E-state index is 5.78. The number of nitrogens with zero attached hydrogens (tertiary/aromatic N) is 3. The molecule has 4 heterocycles. The molecule has 1 saturated carbocycles. The zero-order valence-corrected chi connectivity index (χ0v) is 17.7. The molecule has 5 nitrogen and oxygen atoms in total. The lowest BCUT2D eigenvalue weighted by atomic mass is 9.73. The Kier molecular flexibility index (Phi) is 5.28. The molecule has 28 heavy (non-hydrogen) atoms. The van der Waals surface area contributed by atoms with Gasteiger partial charge in [-0.1, -0.05) is 18.0 Å². The largest absolute Gasteiger partial charge is 0.381 e. The van der Waals surface area contributed by atoms with Gasteiger partial charge in [0.25, 0.3) is 0 Å². The molecule has 2 saturated heterocycles. The van der Waals surface area contributed by atoms with E-state index in [9.17, 15) is 0 Å². The standard InChI is InChI=1S/C22H31N3O2S/c1-16-2-5-19(28-16)15-25-10-8-22(9-11-25,14-17-3-4-17)21-23-20(27-24-21)18-6-12-26-13-7-18/h2,5,17-18H,3-4,6-15H2,1H3. The van der Waals surface area contributed by atoms with Gasteiger partial charge in [-0.05, 0) is 70.2 Å². The summed E-state index contributed by atoms with van der Waals surface area (Å²) in [7, 11) is 0. The Labute approximate surface area is 171 Å². The van der Waals surface area contributed by atoms with Gasteiger partial charge in [0, 0.05) is 40.8 Å². The first-order chi connectivity index (χ1) is 13.7. The van der Waals surface area contributed by atoms with Gasteiger partial charge in [-0.25, -0.2) is 0 Å². The van der Waals surface area contributed by atoms with Crippen molar-refractivity contribution in [1.82, 2.24) is 15.0 Å². The lowest BCUT2D eigenvalue weighted by molar-refractivity contribution is 0.0778. The second kappa shape index (κ2) is 7.88. The molecular weight excluding hydrogens is 370 g/mol. The minimum Gasteiger partial charge on any atom is -0.381 e. The van der Waals surface area contributed by atoms with E-state index in [1.165, 1.54) is 29.0 Å². The molecule has 0 aromatic carbocycles. The van der Waals surface area contributed by atoms with Crippen LogP contribution in [0, 0.1) is 12.8 Å². The van der Waals surface area contributed by atoms with Gasteiger partial charge in [0.15, 0.2) is 5.82 Å². The van der Waals surface area contributed by atoms with Crippen LogP contribution in [0.4, 0.5) is 0 Å². The fourth-order valence-corrected chi connectivity index (χ4v) is 5.82. The predicted octanol–water partition coefficient (Wildman–Crippen LogP) is 4.67. The molecule has 2 aromatic rings. The predicted molar refractivity (Wildman–Crippen MR) is 110 cm³/mol. The van der Waals surface area contributed by atoms with E-state index in [0.29, 0.717) is 5.92 Å². The minimum absolute atomic E-state index is 0.121. The maximum Gasteiger partial charge on any atom is 0.229 e. The smallest absolute Gasteiger partial charge is 0.229 e. The first-order valence-corrected chi connectivity index (χ1v) is 11.7. The topological polar surface area (TPSA) is 51.4 Å². The van der Waals surface area contributed by atoms with Crippen LogP contribution in [0.25, 0.3) is 0 Å². The van der Waals surface area contributed by atoms with Crippen LogP contribution >= 0.6 is 11.3 Å². The molecule has 3 fully saturated rings. The molecule has 0 bridgehead atoms. The highest BCUT2D eigenvalue weighted by atomic mass is 32.1. The number of ether oxygens (including phenoxy) is 1. The summed E-state index contributed by atoms with van der Waals surface area (Å²) in [6.07, 6.45) is 8.32. The molecule has 3 aliphatic rings. The van der Waals surface area contributed by atoms with Gasteiger partial charge in [-0.2, -0.15) is 4.98 Å². The average Bonchev–Trinajstić information content (AvgIpc) is 3.21. The van der Waals surface area contributed by atoms with Crippen molar-refractivity contribution in [3.63, 3.8) is 0 Å². The summed E-state index contributed by atoms with van der Waals surface area (Å²) in [4.78, 5) is 10.5. The number of piperidine rings is 1. The third-order valence-electron chi connectivity index (χ3n) is 6.85. The first kappa shape index (κ1) is 18.8. The summed E-state index contributed by atoms with van der Waals surface area (Å²) < 4.78 is 11.3. The Morgan fingerprint density at radius 2 is 1.93 bits per heavy atom. The summed E-state index contributed by atoms with van der Waals surface area (Å²) in [5.41, 5.74) is 0.121. The number of likely N-dealkylation sites (tertiary alicyclic amines) is 1. The fourth-order valence-electron chi connectivity index (χ4n) is 4.88. The van der Waals surface area contributed by atoms with Crippen molar-refractivity contribution in [3.8, 4) is 0 Å². The number of hydrogen-bond donors (Lipinski definition) is 0. The van der Waals surface area contributed by atoms with Crippen LogP contribution in [0.1, 0.15) is 72.3 Å². The van der Waals surface area contributed by atoms with E-state index < -0.39 is 0 Å². The van der Waals surface area contributed by atoms with Gasteiger partial charge >= 0.3 is 0 Å². The maximum absolute atomic E-state index is 5.78. The Hall–Kier alpha value is -1.24. The highest BCUT2D eigenvalue weighted by Gasteiger charge is 2.44. The summed E-state index contributed by atoms with van der Waals surface area (Å²) in [6.45, 7) is 7.16. The normalized spacial score (nSPS) is 23.9. The van der Waals surface area contributed by atoms with E-state index in [-0.39, 0.29) is 5.41 Å². The number of hydrogen-bond acceptors (Lipinski definition) is 6. The van der Waals surface area contributed by atoms with Crippen molar-refractivity contribution in [3.05, 3.63) is 33.6 Å². The molecule has 0 atom stereocenters. The quantitative estimate of drug-likeness (QED) is 0.704. The van der Waals surface area contributed by atoms with Crippen LogP contribution in [0.3, 0.4) is 0 Å².